The number of rotatable bonds is 37. The number of carbonyl (C=O) groups is 9. The van der Waals surface area contributed by atoms with Crippen molar-refractivity contribution in [1.29, 1.82) is 0 Å². The van der Waals surface area contributed by atoms with Crippen LogP contribution in [-0.2, 0) is 73.5 Å². The summed E-state index contributed by atoms with van der Waals surface area (Å²) in [6.45, 7) is 20.8. The van der Waals surface area contributed by atoms with Gasteiger partial charge in [-0.05, 0) is 94.5 Å². The van der Waals surface area contributed by atoms with Crippen LogP contribution < -0.4 is 26.7 Å². The second kappa shape index (κ2) is 37.0. The van der Waals surface area contributed by atoms with Crippen molar-refractivity contribution in [2.75, 3.05) is 86.7 Å². The Hall–Kier alpha value is -5.79. The molecule has 2 aliphatic rings. The molecule has 2 saturated heterocycles. The quantitative estimate of drug-likeness (QED) is 0.0406. The molecule has 0 radical (unpaired) electrons. The van der Waals surface area contributed by atoms with Gasteiger partial charge in [-0.3, -0.25) is 52.9 Å². The Morgan fingerprint density at radius 1 is 0.706 bits per heavy atom. The van der Waals surface area contributed by atoms with E-state index < -0.39 is 84.0 Å². The maximum atomic E-state index is 14.5. The van der Waals surface area contributed by atoms with Crippen molar-refractivity contribution in [2.24, 2.45) is 35.5 Å². The van der Waals surface area contributed by atoms with Crippen LogP contribution >= 0.6 is 0 Å². The maximum Gasteiger partial charge on any atom is 0.306 e. The molecule has 1 aromatic rings. The number of hydrogen-bond acceptors (Lipinski definition) is 15. The molecule has 2 aliphatic heterocycles. The van der Waals surface area contributed by atoms with E-state index in [2.05, 4.69) is 26.7 Å². The second-order valence-electron chi connectivity index (χ2n) is 24.1. The molecule has 2 fully saturated rings. The third kappa shape index (κ3) is 23.4. The molecule has 0 unspecified atom stereocenters. The average molecular weight is 1200 g/mol. The Labute approximate surface area is 504 Å². The van der Waals surface area contributed by atoms with Gasteiger partial charge < -0.3 is 60.0 Å². The van der Waals surface area contributed by atoms with Crippen molar-refractivity contribution in [1.82, 2.24) is 41.0 Å². The van der Waals surface area contributed by atoms with Gasteiger partial charge in [-0.2, -0.15) is 0 Å². The lowest BCUT2D eigenvalue weighted by Crippen LogP contribution is -2.59. The highest BCUT2D eigenvalue weighted by Gasteiger charge is 2.44. The topological polar surface area (TPSA) is 293 Å². The predicted octanol–water partition coefficient (Wildman–Crippen LogP) is 3.99. The van der Waals surface area contributed by atoms with Crippen LogP contribution in [0.2, 0.25) is 0 Å². The monoisotopic (exact) mass is 1200 g/mol. The lowest BCUT2D eigenvalue weighted by atomic mass is 9.89. The van der Waals surface area contributed by atoms with Gasteiger partial charge in [0.1, 0.15) is 18.1 Å². The first-order valence-electron chi connectivity index (χ1n) is 30.3. The molecule has 2 heterocycles. The first-order chi connectivity index (χ1) is 40.2. The summed E-state index contributed by atoms with van der Waals surface area (Å²) >= 11 is 0. The van der Waals surface area contributed by atoms with E-state index in [-0.39, 0.29) is 106 Å². The van der Waals surface area contributed by atoms with E-state index in [9.17, 15) is 43.2 Å². The molecule has 10 atom stereocenters. The Morgan fingerprint density at radius 2 is 1.33 bits per heavy atom. The molecule has 0 saturated carbocycles. The molecule has 24 nitrogen and oxygen atoms in total. The SMILES string of the molecule is CC[C@H](C)[C@@H]([C@@H](CC(=O)N1CCC[C@H]1[C@H](OC)[C@@H](C)C(=O)N[C@@H](CC(C)C)C(=O)NOCc1ccc(NC(=O)[C@@H](C)NC(=O)CCOCCOCCC(=O)N2CCC(C(=O)O)CC2)cc1)OC)N(C)C(=O)[C@@H](NC(=O)[C@H](C(C)C)N(C)C)C(C)C. The molecule has 482 valence electrons. The summed E-state index contributed by atoms with van der Waals surface area (Å²) in [6, 6.07) is 2.66. The van der Waals surface area contributed by atoms with Gasteiger partial charge >= 0.3 is 5.97 Å². The van der Waals surface area contributed by atoms with Gasteiger partial charge in [0, 0.05) is 53.0 Å². The number of hydrogen-bond donors (Lipinski definition) is 6. The first-order valence-corrected chi connectivity index (χ1v) is 30.3. The van der Waals surface area contributed by atoms with E-state index in [0.29, 0.717) is 69.4 Å². The number of carbonyl (C=O) groups excluding carboxylic acids is 8. The molecule has 0 bridgehead atoms. The van der Waals surface area contributed by atoms with Crippen LogP contribution in [0.3, 0.4) is 0 Å². The lowest BCUT2D eigenvalue weighted by Gasteiger charge is -2.41. The molecule has 3 rings (SSSR count). The van der Waals surface area contributed by atoms with E-state index in [4.69, 9.17) is 28.9 Å². The maximum absolute atomic E-state index is 14.5. The largest absolute Gasteiger partial charge is 0.481 e. The van der Waals surface area contributed by atoms with Gasteiger partial charge in [0.2, 0.25) is 41.4 Å². The summed E-state index contributed by atoms with van der Waals surface area (Å²) in [5.41, 5.74) is 3.60. The van der Waals surface area contributed by atoms with Crippen molar-refractivity contribution in [3.8, 4) is 0 Å². The predicted molar refractivity (Wildman–Crippen MR) is 320 cm³/mol. The van der Waals surface area contributed by atoms with Crippen LogP contribution in [0.1, 0.15) is 133 Å². The highest BCUT2D eigenvalue weighted by Crippen LogP contribution is 2.30. The number of amides is 8. The van der Waals surface area contributed by atoms with Crippen LogP contribution in [0.15, 0.2) is 24.3 Å². The first kappa shape index (κ1) is 73.5. The number of aliphatic carboxylic acids is 1. The highest BCUT2D eigenvalue weighted by molar-refractivity contribution is 5.97. The van der Waals surface area contributed by atoms with Gasteiger partial charge in [0.15, 0.2) is 0 Å². The normalized spacial score (nSPS) is 18.0. The zero-order chi connectivity index (χ0) is 63.7. The Kier molecular flexibility index (Phi) is 32.0. The Bertz CT molecular complexity index is 2290. The summed E-state index contributed by atoms with van der Waals surface area (Å²) in [5.74, 6) is -4.93. The summed E-state index contributed by atoms with van der Waals surface area (Å²) in [5, 5.41) is 20.5. The van der Waals surface area contributed by atoms with Crippen molar-refractivity contribution in [3.05, 3.63) is 29.8 Å². The zero-order valence-corrected chi connectivity index (χ0v) is 53.4. The number of likely N-dealkylation sites (tertiary alicyclic amines) is 2. The van der Waals surface area contributed by atoms with E-state index >= 15 is 0 Å². The number of ether oxygens (including phenoxy) is 4. The number of methoxy groups -OCH3 is 2. The Morgan fingerprint density at radius 3 is 1.87 bits per heavy atom. The van der Waals surface area contributed by atoms with E-state index in [1.807, 2.05) is 74.4 Å². The highest BCUT2D eigenvalue weighted by atomic mass is 16.7. The minimum atomic E-state index is -0.964. The third-order valence-electron chi connectivity index (χ3n) is 16.2. The van der Waals surface area contributed by atoms with Gasteiger partial charge in [-0.15, -0.1) is 0 Å². The van der Waals surface area contributed by atoms with Crippen molar-refractivity contribution in [2.45, 2.75) is 182 Å². The summed E-state index contributed by atoms with van der Waals surface area (Å²) in [6.07, 6.45) is 1.86. The summed E-state index contributed by atoms with van der Waals surface area (Å²) < 4.78 is 23.0. The van der Waals surface area contributed by atoms with Gasteiger partial charge in [0.05, 0.1) is 88.0 Å². The van der Waals surface area contributed by atoms with Crippen LogP contribution in [-0.4, -0.2) is 208 Å². The van der Waals surface area contributed by atoms with Crippen molar-refractivity contribution < 1.29 is 72.0 Å². The molecule has 85 heavy (non-hydrogen) atoms. The molecule has 0 spiro atoms. The number of carboxylic acids is 1. The average Bonchev–Trinajstić information content (AvgIpc) is 3.36. The molecule has 6 N–H and O–H groups in total. The van der Waals surface area contributed by atoms with E-state index in [0.717, 1.165) is 0 Å². The molecule has 0 aromatic heterocycles. The number of piperidine rings is 1. The number of likely N-dealkylation sites (N-methyl/N-ethyl adjacent to an activating group) is 2. The molecular formula is C61H103N9O15. The number of nitrogens with one attached hydrogen (secondary N) is 5. The Balaban J connectivity index is 1.50. The molecule has 0 aliphatic carbocycles. The minimum Gasteiger partial charge on any atom is -0.481 e. The van der Waals surface area contributed by atoms with Crippen LogP contribution in [0.4, 0.5) is 5.69 Å². The number of carboxylic acid groups (broad SMARTS) is 1. The molecule has 1 aromatic carbocycles. The van der Waals surface area contributed by atoms with Crippen LogP contribution in [0.25, 0.3) is 0 Å². The van der Waals surface area contributed by atoms with Gasteiger partial charge in [0.25, 0.3) is 5.91 Å². The number of nitrogens with zero attached hydrogens (tertiary/aromatic N) is 4. The number of anilines is 1. The third-order valence-corrected chi connectivity index (χ3v) is 16.2. The minimum absolute atomic E-state index is 0.00778. The van der Waals surface area contributed by atoms with Crippen LogP contribution in [0, 0.1) is 35.5 Å². The smallest absolute Gasteiger partial charge is 0.306 e. The van der Waals surface area contributed by atoms with Gasteiger partial charge in [-0.1, -0.05) is 80.9 Å². The van der Waals surface area contributed by atoms with Crippen molar-refractivity contribution >= 4 is 58.9 Å². The van der Waals surface area contributed by atoms with Crippen molar-refractivity contribution in [3.63, 3.8) is 0 Å². The number of benzene rings is 1. The van der Waals surface area contributed by atoms with Crippen LogP contribution in [0.5, 0.6) is 0 Å². The fourth-order valence-electron chi connectivity index (χ4n) is 11.2. The summed E-state index contributed by atoms with van der Waals surface area (Å²) in [7, 11) is 8.42. The van der Waals surface area contributed by atoms with Gasteiger partial charge in [-0.25, -0.2) is 5.48 Å². The lowest BCUT2D eigenvalue weighted by molar-refractivity contribution is -0.148. The summed E-state index contributed by atoms with van der Waals surface area (Å²) in [4.78, 5) is 132. The fraction of sp³-hybridized carbons (Fsp3) is 0.754. The molecular weight excluding hydrogens is 1100 g/mol. The number of hydroxylamine groups is 1. The van der Waals surface area contributed by atoms with E-state index in [1.54, 1.807) is 59.9 Å². The molecule has 8 amide bonds. The zero-order valence-electron chi connectivity index (χ0n) is 53.4. The fourth-order valence-corrected chi connectivity index (χ4v) is 11.2. The van der Waals surface area contributed by atoms with E-state index in [1.165, 1.54) is 14.2 Å². The standard InChI is InChI=1S/C61H103N9O15/c1-16-40(8)54(68(13)60(78)52(38(4)5)65-59(77)53(39(6)7)67(11)12)48(81-14)35-51(73)70-27-17-18-47(70)55(82-15)41(9)56(74)64-46(34-37(2)3)58(76)66-85-36-43-19-21-45(22-20-43)63-57(75)42(10)62-49(71)25-30-83-32-33-84-31-26-50(72)69-28-23-44(24-29-69)61(79)80/h19-22,37-42,44,46-48,52-55H,16-18,23-36H2,1-15H3,(H,62,71)(H,63,75)(H,64,74)(H,65,77)(H,66,76)(H,79,80)/t40-,41+,42+,46-,47-,48+,52-,53-,54-,55+/m0/s1. The second-order valence-corrected chi connectivity index (χ2v) is 24.1. The molecule has 24 heteroatoms.